The molecule has 4 heteroatoms. The van der Waals surface area contributed by atoms with Crippen molar-refractivity contribution in [1.82, 2.24) is 0 Å². The van der Waals surface area contributed by atoms with Gasteiger partial charge in [0.1, 0.15) is 0 Å². The lowest BCUT2D eigenvalue weighted by Gasteiger charge is -2.29. The lowest BCUT2D eigenvalue weighted by atomic mass is 10.0. The fourth-order valence-corrected chi connectivity index (χ4v) is 3.41. The van der Waals surface area contributed by atoms with Gasteiger partial charge in [0.05, 0.1) is 21.1 Å². The van der Waals surface area contributed by atoms with Crippen LogP contribution in [0.1, 0.15) is 96.8 Å². The van der Waals surface area contributed by atoms with Gasteiger partial charge in [0.15, 0.2) is 0 Å². The van der Waals surface area contributed by atoms with Crippen LogP contribution < -0.4 is 0 Å². The van der Waals surface area contributed by atoms with E-state index in [9.17, 15) is 14.7 Å². The van der Waals surface area contributed by atoms with E-state index >= 15 is 0 Å². The van der Waals surface area contributed by atoms with Crippen LogP contribution in [0.5, 0.6) is 0 Å². The number of rotatable bonds is 18. The summed E-state index contributed by atoms with van der Waals surface area (Å²) in [4.78, 5) is 23.5. The van der Waals surface area contributed by atoms with E-state index in [4.69, 9.17) is 0 Å². The molecule has 4 nitrogen and oxygen atoms in total. The van der Waals surface area contributed by atoms with E-state index in [2.05, 4.69) is 19.1 Å². The van der Waals surface area contributed by atoms with Crippen molar-refractivity contribution in [3.05, 3.63) is 12.2 Å². The number of Topliss-reactive ketones (excluding diaryl/α,β-unsaturated/α-hetero) is 1. The van der Waals surface area contributed by atoms with Gasteiger partial charge in [-0.25, -0.2) is 4.79 Å². The van der Waals surface area contributed by atoms with Crippen LogP contribution in [-0.4, -0.2) is 48.5 Å². The van der Waals surface area contributed by atoms with Crippen LogP contribution in [0.2, 0.25) is 0 Å². The third-order valence-electron chi connectivity index (χ3n) is 5.00. The summed E-state index contributed by atoms with van der Waals surface area (Å²) in [6, 6.07) is -0.943. The summed E-state index contributed by atoms with van der Waals surface area (Å²) >= 11 is 0. The number of carbonyl (C=O) groups is 2. The Kier molecular flexibility index (Phi) is 15.2. The standard InChI is InChI=1S/C23H43NO3/c1-5-6-7-8-9-10-11-12-13-14-15-16-17-18-19-20-21(25)22(23(26)27)24(2,3)4/h12-13,22H,5-11,14-20H2,1-4H3/p+1/b13-12-. The molecule has 0 rings (SSSR count). The molecule has 0 aliphatic carbocycles. The van der Waals surface area contributed by atoms with Gasteiger partial charge >= 0.3 is 5.97 Å². The highest BCUT2D eigenvalue weighted by atomic mass is 16.4. The summed E-state index contributed by atoms with van der Waals surface area (Å²) < 4.78 is 0.152. The van der Waals surface area contributed by atoms with Gasteiger partial charge in [-0.2, -0.15) is 0 Å². The number of allylic oxidation sites excluding steroid dienone is 2. The zero-order valence-electron chi connectivity index (χ0n) is 18.3. The molecule has 0 fully saturated rings. The monoisotopic (exact) mass is 382 g/mol. The van der Waals surface area contributed by atoms with Gasteiger partial charge in [-0.15, -0.1) is 0 Å². The average Bonchev–Trinajstić information content (AvgIpc) is 2.56. The third-order valence-corrected chi connectivity index (χ3v) is 5.00. The van der Waals surface area contributed by atoms with E-state index in [1.54, 1.807) is 21.1 Å². The Bertz CT molecular complexity index is 424. The number of aliphatic carboxylic acids is 1. The van der Waals surface area contributed by atoms with E-state index in [1.165, 1.54) is 57.8 Å². The molecule has 0 saturated heterocycles. The van der Waals surface area contributed by atoms with E-state index in [1.807, 2.05) is 0 Å². The molecule has 0 aromatic carbocycles. The van der Waals surface area contributed by atoms with Crippen molar-refractivity contribution in [1.29, 1.82) is 0 Å². The number of hydrogen-bond donors (Lipinski definition) is 1. The zero-order valence-corrected chi connectivity index (χ0v) is 18.3. The molecular formula is C23H44NO3+. The van der Waals surface area contributed by atoms with Gasteiger partial charge in [0.2, 0.25) is 11.8 Å². The average molecular weight is 383 g/mol. The summed E-state index contributed by atoms with van der Waals surface area (Å²) in [6.07, 6.45) is 20.9. The van der Waals surface area contributed by atoms with Crippen LogP contribution in [0, 0.1) is 0 Å². The number of ketones is 1. The molecule has 0 aliphatic heterocycles. The van der Waals surface area contributed by atoms with Crippen molar-refractivity contribution in [2.45, 2.75) is 103 Å². The third kappa shape index (κ3) is 14.6. The second-order valence-corrected chi connectivity index (χ2v) is 8.66. The molecule has 0 saturated carbocycles. The van der Waals surface area contributed by atoms with E-state index in [0.29, 0.717) is 6.42 Å². The first-order valence-corrected chi connectivity index (χ1v) is 11.0. The number of unbranched alkanes of at least 4 members (excludes halogenated alkanes) is 11. The van der Waals surface area contributed by atoms with Crippen molar-refractivity contribution in [3.8, 4) is 0 Å². The summed E-state index contributed by atoms with van der Waals surface area (Å²) in [5.74, 6) is -1.16. The number of nitrogens with zero attached hydrogens (tertiary/aromatic N) is 1. The molecule has 0 aromatic heterocycles. The molecule has 0 bridgehead atoms. The minimum Gasteiger partial charge on any atom is -0.476 e. The molecule has 1 atom stereocenters. The van der Waals surface area contributed by atoms with Crippen LogP contribution in [-0.2, 0) is 9.59 Å². The fraction of sp³-hybridized carbons (Fsp3) is 0.826. The zero-order chi connectivity index (χ0) is 20.5. The van der Waals surface area contributed by atoms with E-state index in [-0.39, 0.29) is 10.3 Å². The SMILES string of the molecule is CCCCCCCC/C=C\CCCCCCCC(=O)C(C(=O)O)[N+](C)(C)C. The molecule has 0 spiro atoms. The Morgan fingerprint density at radius 3 is 1.67 bits per heavy atom. The summed E-state index contributed by atoms with van der Waals surface area (Å²) in [5, 5.41) is 9.26. The van der Waals surface area contributed by atoms with Gasteiger partial charge in [-0.3, -0.25) is 4.79 Å². The highest BCUT2D eigenvalue weighted by Gasteiger charge is 2.37. The van der Waals surface area contributed by atoms with Gasteiger partial charge in [0.25, 0.3) is 0 Å². The Morgan fingerprint density at radius 1 is 0.778 bits per heavy atom. The fourth-order valence-electron chi connectivity index (χ4n) is 3.41. The minimum atomic E-state index is -1.01. The van der Waals surface area contributed by atoms with Crippen molar-refractivity contribution >= 4 is 11.8 Å². The molecule has 0 aromatic rings. The lowest BCUT2D eigenvalue weighted by molar-refractivity contribution is -0.878. The van der Waals surface area contributed by atoms with Crippen molar-refractivity contribution in [2.24, 2.45) is 0 Å². The molecule has 1 unspecified atom stereocenters. The molecule has 0 aliphatic rings. The quantitative estimate of drug-likeness (QED) is 0.142. The number of hydrogen-bond acceptors (Lipinski definition) is 2. The van der Waals surface area contributed by atoms with Crippen LogP contribution in [0.15, 0.2) is 12.2 Å². The highest BCUT2D eigenvalue weighted by Crippen LogP contribution is 2.13. The van der Waals surface area contributed by atoms with Crippen LogP contribution in [0.3, 0.4) is 0 Å². The molecule has 0 amide bonds. The highest BCUT2D eigenvalue weighted by molar-refractivity contribution is 6.01. The first-order chi connectivity index (χ1) is 12.8. The minimum absolute atomic E-state index is 0.146. The van der Waals surface area contributed by atoms with E-state index < -0.39 is 12.0 Å². The summed E-state index contributed by atoms with van der Waals surface area (Å²) in [7, 11) is 5.28. The maximum Gasteiger partial charge on any atom is 0.370 e. The molecule has 1 N–H and O–H groups in total. The number of carboxylic acids is 1. The smallest absolute Gasteiger partial charge is 0.370 e. The Labute approximate surface area is 167 Å². The van der Waals surface area contributed by atoms with Gasteiger partial charge in [-0.05, 0) is 32.1 Å². The van der Waals surface area contributed by atoms with Crippen LogP contribution in [0.4, 0.5) is 0 Å². The second kappa shape index (κ2) is 15.9. The first kappa shape index (κ1) is 25.8. The maximum absolute atomic E-state index is 12.2. The summed E-state index contributed by atoms with van der Waals surface area (Å²) in [5.41, 5.74) is 0. The Morgan fingerprint density at radius 2 is 1.22 bits per heavy atom. The number of quaternary nitrogens is 1. The predicted molar refractivity (Wildman–Crippen MR) is 114 cm³/mol. The van der Waals surface area contributed by atoms with E-state index in [0.717, 1.165) is 25.7 Å². The molecule has 0 radical (unpaired) electrons. The van der Waals surface area contributed by atoms with Gasteiger partial charge in [0, 0.05) is 6.42 Å². The first-order valence-electron chi connectivity index (χ1n) is 11.0. The van der Waals surface area contributed by atoms with Gasteiger partial charge in [-0.1, -0.05) is 70.4 Å². The van der Waals surface area contributed by atoms with Crippen LogP contribution in [0.25, 0.3) is 0 Å². The van der Waals surface area contributed by atoms with Gasteiger partial charge < -0.3 is 9.59 Å². The maximum atomic E-state index is 12.2. The second-order valence-electron chi connectivity index (χ2n) is 8.66. The van der Waals surface area contributed by atoms with Crippen molar-refractivity contribution in [3.63, 3.8) is 0 Å². The topological polar surface area (TPSA) is 54.4 Å². The van der Waals surface area contributed by atoms with Crippen LogP contribution >= 0.6 is 0 Å². The molecule has 27 heavy (non-hydrogen) atoms. The van der Waals surface area contributed by atoms with Crippen molar-refractivity contribution < 1.29 is 19.2 Å². The summed E-state index contributed by atoms with van der Waals surface area (Å²) in [6.45, 7) is 2.25. The molecule has 158 valence electrons. The molecular weight excluding hydrogens is 338 g/mol. The Hall–Kier alpha value is -1.16. The number of likely N-dealkylation sites (N-methyl/N-ethyl adjacent to an activating group) is 1. The number of carbonyl (C=O) groups excluding carboxylic acids is 1. The van der Waals surface area contributed by atoms with Crippen molar-refractivity contribution in [2.75, 3.05) is 21.1 Å². The normalized spacial score (nSPS) is 13.2. The molecule has 0 heterocycles. The number of carboxylic acid groups (broad SMARTS) is 1. The lowest BCUT2D eigenvalue weighted by Crippen LogP contribution is -2.54. The predicted octanol–water partition coefficient (Wildman–Crippen LogP) is 5.75. The Balaban J connectivity index is 3.58. The largest absolute Gasteiger partial charge is 0.476 e.